The van der Waals surface area contributed by atoms with Crippen LogP contribution in [0, 0.1) is 23.7 Å². The Hall–Kier alpha value is -2.54. The van der Waals surface area contributed by atoms with Gasteiger partial charge in [0.1, 0.15) is 17.7 Å². The van der Waals surface area contributed by atoms with Crippen molar-refractivity contribution < 1.29 is 33.8 Å². The highest BCUT2D eigenvalue weighted by Crippen LogP contribution is 2.18. The van der Waals surface area contributed by atoms with E-state index in [9.17, 15) is 29.1 Å². The molecule has 0 bridgehead atoms. The van der Waals surface area contributed by atoms with Crippen molar-refractivity contribution in [2.24, 2.45) is 23.7 Å². The van der Waals surface area contributed by atoms with Crippen LogP contribution in [0.4, 0.5) is 4.79 Å². The van der Waals surface area contributed by atoms with Crippen LogP contribution >= 0.6 is 11.8 Å². The summed E-state index contributed by atoms with van der Waals surface area (Å²) >= 11 is 1.55. The van der Waals surface area contributed by atoms with Gasteiger partial charge in [0.05, 0.1) is 12.1 Å². The molecule has 6 N–H and O–H groups in total. The van der Waals surface area contributed by atoms with Gasteiger partial charge in [-0.05, 0) is 89.1 Å². The van der Waals surface area contributed by atoms with E-state index in [-0.39, 0.29) is 48.3 Å². The second-order valence-corrected chi connectivity index (χ2v) is 16.8. The average Bonchev–Trinajstić information content (AvgIpc) is 2.96. The van der Waals surface area contributed by atoms with Crippen LogP contribution in [-0.2, 0) is 23.9 Å². The van der Waals surface area contributed by atoms with Gasteiger partial charge in [0.2, 0.25) is 23.6 Å². The number of rotatable bonds is 24. The molecule has 0 fully saturated rings. The van der Waals surface area contributed by atoms with E-state index in [0.717, 1.165) is 12.8 Å². The fourth-order valence-electron chi connectivity index (χ4n) is 5.48. The van der Waals surface area contributed by atoms with Crippen LogP contribution in [0.15, 0.2) is 0 Å². The summed E-state index contributed by atoms with van der Waals surface area (Å²) in [5, 5.41) is 25.8. The Morgan fingerprint density at radius 2 is 1.34 bits per heavy atom. The highest BCUT2D eigenvalue weighted by molar-refractivity contribution is 7.98. The molecule has 0 aliphatic heterocycles. The lowest BCUT2D eigenvalue weighted by molar-refractivity contribution is -0.132. The molecule has 0 aromatic heterocycles. The van der Waals surface area contributed by atoms with Gasteiger partial charge in [-0.25, -0.2) is 4.79 Å². The molecular weight excluding hydrogens is 659 g/mol. The number of nitrogens with one attached hydrogen (secondary N) is 5. The number of ether oxygens (including phenoxy) is 1. The van der Waals surface area contributed by atoms with Crippen LogP contribution in [0.1, 0.15) is 128 Å². The molecule has 0 aliphatic carbocycles. The highest BCUT2D eigenvalue weighted by atomic mass is 32.2. The smallest absolute Gasteiger partial charge is 0.407 e. The van der Waals surface area contributed by atoms with Gasteiger partial charge < -0.3 is 36.4 Å². The second kappa shape index (κ2) is 24.6. The minimum atomic E-state index is -1.05. The highest BCUT2D eigenvalue weighted by Gasteiger charge is 2.32. The monoisotopic (exact) mass is 730 g/mol. The zero-order chi connectivity index (χ0) is 38.6. The molecule has 50 heavy (non-hydrogen) atoms. The van der Waals surface area contributed by atoms with Crippen molar-refractivity contribution in [3.63, 3.8) is 0 Å². The van der Waals surface area contributed by atoms with Crippen LogP contribution < -0.4 is 26.6 Å². The fourth-order valence-corrected chi connectivity index (χ4v) is 5.95. The number of hydrogen-bond donors (Lipinski definition) is 6. The zero-order valence-corrected chi connectivity index (χ0v) is 33.9. The van der Waals surface area contributed by atoms with E-state index >= 15 is 0 Å². The lowest BCUT2D eigenvalue weighted by Gasteiger charge is -2.30. The summed E-state index contributed by atoms with van der Waals surface area (Å²) in [5.74, 6) is -0.862. The molecule has 13 heteroatoms. The van der Waals surface area contributed by atoms with E-state index in [0.29, 0.717) is 38.0 Å². The van der Waals surface area contributed by atoms with E-state index in [1.54, 1.807) is 39.5 Å². The maximum absolute atomic E-state index is 13.7. The first-order valence-electron chi connectivity index (χ1n) is 18.5. The van der Waals surface area contributed by atoms with Crippen molar-refractivity contribution in [1.82, 2.24) is 26.6 Å². The number of thioether (sulfide) groups is 1. The molecule has 0 radical (unpaired) electrons. The number of amides is 5. The van der Waals surface area contributed by atoms with Crippen LogP contribution in [0.3, 0.4) is 0 Å². The van der Waals surface area contributed by atoms with Gasteiger partial charge in [-0.2, -0.15) is 11.8 Å². The summed E-state index contributed by atoms with van der Waals surface area (Å²) in [5.41, 5.74) is -0.686. The summed E-state index contributed by atoms with van der Waals surface area (Å²) in [4.78, 5) is 65.5. The van der Waals surface area contributed by atoms with Gasteiger partial charge in [0, 0.05) is 24.9 Å². The summed E-state index contributed by atoms with van der Waals surface area (Å²) in [6.07, 6.45) is 3.97. The quantitative estimate of drug-likeness (QED) is 0.0760. The molecular formula is C37H71N5O7S. The molecule has 0 aliphatic rings. The summed E-state index contributed by atoms with van der Waals surface area (Å²) in [7, 11) is 0. The lowest BCUT2D eigenvalue weighted by Crippen LogP contribution is -2.54. The van der Waals surface area contributed by atoms with Gasteiger partial charge in [-0.3, -0.25) is 19.2 Å². The van der Waals surface area contributed by atoms with Gasteiger partial charge in [-0.1, -0.05) is 61.8 Å². The van der Waals surface area contributed by atoms with Crippen molar-refractivity contribution in [2.75, 3.05) is 18.6 Å². The third kappa shape index (κ3) is 22.3. The van der Waals surface area contributed by atoms with Crippen LogP contribution in [-0.4, -0.2) is 89.3 Å². The Morgan fingerprint density at radius 1 is 0.740 bits per heavy atom. The Morgan fingerprint density at radius 3 is 1.86 bits per heavy atom. The number of carbonyl (C=O) groups excluding carboxylic acids is 5. The molecule has 0 aromatic carbocycles. The minimum Gasteiger partial charge on any atom is -0.444 e. The number of alkyl carbamates (subject to hydrolysis) is 1. The first-order valence-corrected chi connectivity index (χ1v) is 19.9. The third-order valence-electron chi connectivity index (χ3n) is 7.90. The molecule has 12 nitrogen and oxygen atoms in total. The number of hydrogen-bond acceptors (Lipinski definition) is 8. The maximum atomic E-state index is 13.7. The predicted molar refractivity (Wildman–Crippen MR) is 203 cm³/mol. The van der Waals surface area contributed by atoms with Gasteiger partial charge in [0.25, 0.3) is 0 Å². The van der Waals surface area contributed by atoms with Gasteiger partial charge in [-0.15, -0.1) is 0 Å². The molecule has 0 rings (SSSR count). The Labute approximate surface area is 306 Å². The zero-order valence-electron chi connectivity index (χ0n) is 33.1. The van der Waals surface area contributed by atoms with E-state index in [1.807, 2.05) is 54.7 Å². The standard InChI is InChI=1S/C37H71N5O7S/c1-13-14-16-38-34(46)30(20-25(6)7)42-33(45)26(8)21-31(43)29(19-24(4)5)41-35(47)28(15-17-50-12)40-32(44)22-27(18-23(2)3)39-36(48)49-37(9,10)11/h23-31,43H,13-22H2,1-12H3,(H,38,46)(H,39,48)(H,40,44)(H,41,47)(H,42,45)/t26-,27+,28+,29+,30+,31+/m1/s1. The fraction of sp³-hybridized carbons (Fsp3) is 0.865. The second-order valence-electron chi connectivity index (χ2n) is 15.9. The lowest BCUT2D eigenvalue weighted by atomic mass is 9.91. The van der Waals surface area contributed by atoms with Gasteiger partial charge in [0.15, 0.2) is 0 Å². The largest absolute Gasteiger partial charge is 0.444 e. The summed E-state index contributed by atoms with van der Waals surface area (Å²) in [6, 6.07) is -2.69. The van der Waals surface area contributed by atoms with E-state index in [1.165, 1.54) is 0 Å². The van der Waals surface area contributed by atoms with Crippen molar-refractivity contribution in [3.8, 4) is 0 Å². The van der Waals surface area contributed by atoms with Crippen molar-refractivity contribution in [2.45, 2.75) is 163 Å². The first-order chi connectivity index (χ1) is 23.2. The van der Waals surface area contributed by atoms with Gasteiger partial charge >= 0.3 is 6.09 Å². The normalized spacial score (nSPS) is 15.4. The first kappa shape index (κ1) is 47.5. The van der Waals surface area contributed by atoms with Crippen LogP contribution in [0.5, 0.6) is 0 Å². The maximum Gasteiger partial charge on any atom is 0.407 e. The molecule has 0 heterocycles. The van der Waals surface area contributed by atoms with Crippen molar-refractivity contribution in [3.05, 3.63) is 0 Å². The molecule has 0 unspecified atom stereocenters. The van der Waals surface area contributed by atoms with Crippen molar-refractivity contribution in [1.29, 1.82) is 0 Å². The third-order valence-corrected chi connectivity index (χ3v) is 8.54. The Kier molecular flexibility index (Phi) is 23.4. The minimum absolute atomic E-state index is 0.0282. The summed E-state index contributed by atoms with van der Waals surface area (Å²) < 4.78 is 5.39. The molecule has 6 atom stereocenters. The van der Waals surface area contributed by atoms with E-state index < -0.39 is 53.8 Å². The molecule has 0 spiro atoms. The summed E-state index contributed by atoms with van der Waals surface area (Å²) in [6.45, 7) is 21.5. The predicted octanol–water partition coefficient (Wildman–Crippen LogP) is 4.92. The Bertz CT molecular complexity index is 1030. The van der Waals surface area contributed by atoms with E-state index in [2.05, 4.69) is 26.6 Å². The Balaban J connectivity index is 5.71. The molecule has 5 amide bonds. The number of carbonyl (C=O) groups is 5. The average molecular weight is 730 g/mol. The number of aliphatic hydroxyl groups is 1. The SMILES string of the molecule is CCCCNC(=O)[C@H](CC(C)C)NC(=O)[C@H](C)C[C@H](O)[C@H](CC(C)C)NC(=O)[C@H](CCSC)NC(=O)C[C@H](CC(C)C)NC(=O)OC(C)(C)C. The van der Waals surface area contributed by atoms with Crippen LogP contribution in [0.25, 0.3) is 0 Å². The number of unbranched alkanes of at least 4 members (excludes halogenated alkanes) is 1. The van der Waals surface area contributed by atoms with Crippen molar-refractivity contribution >= 4 is 41.5 Å². The van der Waals surface area contributed by atoms with E-state index in [4.69, 9.17) is 4.74 Å². The molecule has 0 saturated carbocycles. The topological polar surface area (TPSA) is 175 Å². The molecule has 0 aromatic rings. The molecule has 292 valence electrons. The number of aliphatic hydroxyl groups excluding tert-OH is 1. The van der Waals surface area contributed by atoms with Crippen LogP contribution in [0.2, 0.25) is 0 Å². The molecule has 0 saturated heterocycles.